The number of carbonyl (C=O) groups is 1. The summed E-state index contributed by atoms with van der Waals surface area (Å²) in [6.45, 7) is 2.24. The third kappa shape index (κ3) is 4.23. The maximum Gasteiger partial charge on any atom is 0.252 e. The summed E-state index contributed by atoms with van der Waals surface area (Å²) in [4.78, 5) is 12.3. The normalized spacial score (nSPS) is 22.6. The van der Waals surface area contributed by atoms with Gasteiger partial charge in [0, 0.05) is 15.5 Å². The van der Waals surface area contributed by atoms with Crippen LogP contribution in [0, 0.1) is 5.92 Å². The van der Waals surface area contributed by atoms with Gasteiger partial charge >= 0.3 is 0 Å². The van der Waals surface area contributed by atoms with Crippen LogP contribution in [0.1, 0.15) is 55.8 Å². The van der Waals surface area contributed by atoms with Crippen molar-refractivity contribution in [2.45, 2.75) is 51.5 Å². The first-order valence-corrected chi connectivity index (χ1v) is 8.53. The number of hydrogen-bond acceptors (Lipinski definition) is 1. The van der Waals surface area contributed by atoms with E-state index < -0.39 is 0 Å². The van der Waals surface area contributed by atoms with Gasteiger partial charge in [-0.3, -0.25) is 4.79 Å². The van der Waals surface area contributed by atoms with Crippen LogP contribution in [0.25, 0.3) is 0 Å². The maximum atomic E-state index is 12.3. The molecule has 110 valence electrons. The number of hydrogen-bond donors (Lipinski definition) is 1. The Bertz CT molecular complexity index is 470. The zero-order valence-electron chi connectivity index (χ0n) is 11.8. The maximum absolute atomic E-state index is 12.3. The number of benzene rings is 1. The Kier molecular flexibility index (Phi) is 5.91. The summed E-state index contributed by atoms with van der Waals surface area (Å²) in [6, 6.07) is 5.59. The van der Waals surface area contributed by atoms with Crippen LogP contribution in [0.5, 0.6) is 0 Å². The second-order valence-corrected chi connectivity index (χ2v) is 6.89. The molecule has 1 aliphatic rings. The van der Waals surface area contributed by atoms with Gasteiger partial charge in [0.1, 0.15) is 0 Å². The lowest BCUT2D eigenvalue weighted by Gasteiger charge is -2.29. The van der Waals surface area contributed by atoms with E-state index in [1.165, 1.54) is 25.7 Å². The van der Waals surface area contributed by atoms with Crippen molar-refractivity contribution in [1.82, 2.24) is 5.32 Å². The Morgan fingerprint density at radius 1 is 1.35 bits per heavy atom. The van der Waals surface area contributed by atoms with Crippen molar-refractivity contribution < 1.29 is 4.79 Å². The quantitative estimate of drug-likeness (QED) is 0.788. The van der Waals surface area contributed by atoms with E-state index in [1.807, 2.05) is 0 Å². The predicted octanol–water partition coefficient (Wildman–Crippen LogP) is 5.19. The molecule has 0 radical (unpaired) electrons. The molecule has 0 aliphatic heterocycles. The third-order valence-electron chi connectivity index (χ3n) is 4.05. The molecule has 0 heterocycles. The van der Waals surface area contributed by atoms with E-state index in [0.29, 0.717) is 16.6 Å². The van der Waals surface area contributed by atoms with E-state index in [0.717, 1.165) is 23.2 Å². The Labute approximate surface area is 134 Å². The van der Waals surface area contributed by atoms with Crippen LogP contribution >= 0.6 is 27.5 Å². The highest BCUT2D eigenvalue weighted by Gasteiger charge is 2.22. The minimum absolute atomic E-state index is 0.00696. The molecule has 1 amide bonds. The van der Waals surface area contributed by atoms with Crippen LogP contribution in [0.4, 0.5) is 0 Å². The largest absolute Gasteiger partial charge is 0.349 e. The average Bonchev–Trinajstić information content (AvgIpc) is 2.41. The van der Waals surface area contributed by atoms with Gasteiger partial charge in [-0.05, 0) is 65.7 Å². The monoisotopic (exact) mass is 357 g/mol. The van der Waals surface area contributed by atoms with Crippen LogP contribution < -0.4 is 5.32 Å². The lowest BCUT2D eigenvalue weighted by Crippen LogP contribution is -2.37. The molecule has 0 aromatic heterocycles. The van der Waals surface area contributed by atoms with Crippen molar-refractivity contribution in [1.29, 1.82) is 0 Å². The standard InChI is InChI=1S/C16H21BrClNO/c1-2-3-11-4-7-13(8-5-11)19-16(20)14-9-6-12(18)10-15(14)17/h6,9-11,13H,2-5,7-8H2,1H3,(H,19,20). The molecule has 1 aromatic carbocycles. The highest BCUT2D eigenvalue weighted by atomic mass is 79.9. The molecular formula is C16H21BrClNO. The van der Waals surface area contributed by atoms with Crippen LogP contribution in [0.15, 0.2) is 22.7 Å². The summed E-state index contributed by atoms with van der Waals surface area (Å²) >= 11 is 9.29. The van der Waals surface area contributed by atoms with Crippen LogP contribution in [0.2, 0.25) is 5.02 Å². The predicted molar refractivity (Wildman–Crippen MR) is 87.3 cm³/mol. The second kappa shape index (κ2) is 7.46. The molecule has 0 spiro atoms. The second-order valence-electron chi connectivity index (χ2n) is 5.60. The van der Waals surface area contributed by atoms with E-state index in [2.05, 4.69) is 28.2 Å². The van der Waals surface area contributed by atoms with Crippen LogP contribution in [-0.2, 0) is 0 Å². The smallest absolute Gasteiger partial charge is 0.252 e. The lowest BCUT2D eigenvalue weighted by atomic mass is 9.83. The number of amides is 1. The third-order valence-corrected chi connectivity index (χ3v) is 4.95. The van der Waals surface area contributed by atoms with E-state index in [9.17, 15) is 4.79 Å². The van der Waals surface area contributed by atoms with Crippen molar-refractivity contribution in [2.75, 3.05) is 0 Å². The highest BCUT2D eigenvalue weighted by Crippen LogP contribution is 2.28. The van der Waals surface area contributed by atoms with Crippen molar-refractivity contribution in [3.63, 3.8) is 0 Å². The fraction of sp³-hybridized carbons (Fsp3) is 0.562. The van der Waals surface area contributed by atoms with Crippen molar-refractivity contribution in [3.8, 4) is 0 Å². The SMILES string of the molecule is CCCC1CCC(NC(=O)c2ccc(Cl)cc2Br)CC1. The molecule has 1 aliphatic carbocycles. The molecule has 4 heteroatoms. The zero-order valence-corrected chi connectivity index (χ0v) is 14.1. The molecule has 1 aromatic rings. The van der Waals surface area contributed by atoms with Gasteiger partial charge in [-0.25, -0.2) is 0 Å². The Morgan fingerprint density at radius 2 is 2.05 bits per heavy atom. The van der Waals surface area contributed by atoms with Crippen molar-refractivity contribution in [2.24, 2.45) is 5.92 Å². The van der Waals surface area contributed by atoms with Gasteiger partial charge in [-0.1, -0.05) is 31.4 Å². The molecule has 1 N–H and O–H groups in total. The average molecular weight is 359 g/mol. The first-order chi connectivity index (χ1) is 9.60. The molecule has 2 rings (SSSR count). The summed E-state index contributed by atoms with van der Waals surface area (Å²) in [6.07, 6.45) is 7.26. The van der Waals surface area contributed by atoms with Gasteiger partial charge < -0.3 is 5.32 Å². The molecule has 0 saturated heterocycles. The van der Waals surface area contributed by atoms with Gasteiger partial charge in [-0.15, -0.1) is 0 Å². The molecule has 0 atom stereocenters. The van der Waals surface area contributed by atoms with Crippen LogP contribution in [0.3, 0.4) is 0 Å². The van der Waals surface area contributed by atoms with E-state index >= 15 is 0 Å². The summed E-state index contributed by atoms with van der Waals surface area (Å²) in [5.74, 6) is 0.850. The van der Waals surface area contributed by atoms with E-state index in [1.54, 1.807) is 18.2 Å². The minimum atomic E-state index is -0.00696. The van der Waals surface area contributed by atoms with Gasteiger partial charge in [0.25, 0.3) is 5.91 Å². The summed E-state index contributed by atoms with van der Waals surface area (Å²) in [7, 11) is 0. The molecular weight excluding hydrogens is 338 g/mol. The summed E-state index contributed by atoms with van der Waals surface area (Å²) in [5, 5.41) is 3.78. The van der Waals surface area contributed by atoms with Crippen molar-refractivity contribution >= 4 is 33.4 Å². The highest BCUT2D eigenvalue weighted by molar-refractivity contribution is 9.10. The van der Waals surface area contributed by atoms with E-state index in [4.69, 9.17) is 11.6 Å². The van der Waals surface area contributed by atoms with E-state index in [-0.39, 0.29) is 5.91 Å². The fourth-order valence-corrected chi connectivity index (χ4v) is 3.80. The van der Waals surface area contributed by atoms with Gasteiger partial charge in [-0.2, -0.15) is 0 Å². The number of halogens is 2. The van der Waals surface area contributed by atoms with Crippen LogP contribution in [-0.4, -0.2) is 11.9 Å². The number of rotatable bonds is 4. The molecule has 0 unspecified atom stereocenters. The number of nitrogens with one attached hydrogen (secondary N) is 1. The topological polar surface area (TPSA) is 29.1 Å². The fourth-order valence-electron chi connectivity index (χ4n) is 2.94. The Balaban J connectivity index is 1.89. The molecule has 2 nitrogen and oxygen atoms in total. The summed E-state index contributed by atoms with van der Waals surface area (Å²) < 4.78 is 0.752. The Hall–Kier alpha value is -0.540. The number of carbonyl (C=O) groups excluding carboxylic acids is 1. The molecule has 1 saturated carbocycles. The van der Waals surface area contributed by atoms with Gasteiger partial charge in [0.15, 0.2) is 0 Å². The van der Waals surface area contributed by atoms with Gasteiger partial charge in [0.05, 0.1) is 5.56 Å². The minimum Gasteiger partial charge on any atom is -0.349 e. The lowest BCUT2D eigenvalue weighted by molar-refractivity contribution is 0.0920. The van der Waals surface area contributed by atoms with Crippen molar-refractivity contribution in [3.05, 3.63) is 33.3 Å². The van der Waals surface area contributed by atoms with Gasteiger partial charge in [0.2, 0.25) is 0 Å². The molecule has 1 fully saturated rings. The molecule has 0 bridgehead atoms. The first-order valence-electron chi connectivity index (χ1n) is 7.36. The first kappa shape index (κ1) is 15.8. The summed E-state index contributed by atoms with van der Waals surface area (Å²) in [5.41, 5.74) is 0.657. The zero-order chi connectivity index (χ0) is 14.5. The Morgan fingerprint density at radius 3 is 2.65 bits per heavy atom. The molecule has 20 heavy (non-hydrogen) atoms.